The second-order valence-corrected chi connectivity index (χ2v) is 4.64. The molecule has 0 amide bonds. The van der Waals surface area contributed by atoms with Gasteiger partial charge in [-0.2, -0.15) is 5.26 Å². The number of nitriles is 1. The number of rotatable bonds is 4. The van der Waals surface area contributed by atoms with Crippen LogP contribution >= 0.6 is 0 Å². The zero-order valence-electron chi connectivity index (χ0n) is 11.0. The molecule has 98 valence electrons. The van der Waals surface area contributed by atoms with Gasteiger partial charge in [-0.3, -0.25) is 0 Å². The molecule has 2 aromatic carbocycles. The minimum atomic E-state index is 0.451. The molecule has 0 fully saturated rings. The number of fused-ring (bicyclic) bond motifs is 1. The summed E-state index contributed by atoms with van der Waals surface area (Å²) in [7, 11) is 0. The first kappa shape index (κ1) is 12.3. The van der Waals surface area contributed by atoms with Crippen LogP contribution in [0.2, 0.25) is 0 Å². The van der Waals surface area contributed by atoms with E-state index >= 15 is 0 Å². The Morgan fingerprint density at radius 2 is 1.85 bits per heavy atom. The minimum absolute atomic E-state index is 0.451. The predicted molar refractivity (Wildman–Crippen MR) is 79.3 cm³/mol. The number of nitrogens with one attached hydrogen (secondary N) is 1. The summed E-state index contributed by atoms with van der Waals surface area (Å²) >= 11 is 0. The fourth-order valence-electron chi connectivity index (χ4n) is 2.20. The molecule has 0 bridgehead atoms. The van der Waals surface area contributed by atoms with Crippen molar-refractivity contribution in [1.29, 1.82) is 5.26 Å². The molecule has 3 heteroatoms. The molecule has 0 aliphatic carbocycles. The van der Waals surface area contributed by atoms with Crippen LogP contribution in [0.1, 0.15) is 11.1 Å². The number of furan rings is 1. The van der Waals surface area contributed by atoms with E-state index in [1.165, 1.54) is 0 Å². The summed E-state index contributed by atoms with van der Waals surface area (Å²) in [5.74, 6) is 0. The Bertz CT molecular complexity index is 751. The van der Waals surface area contributed by atoms with Crippen LogP contribution < -0.4 is 5.32 Å². The Morgan fingerprint density at radius 3 is 2.65 bits per heavy atom. The highest BCUT2D eigenvalue weighted by atomic mass is 16.3. The van der Waals surface area contributed by atoms with Gasteiger partial charge < -0.3 is 9.73 Å². The van der Waals surface area contributed by atoms with Gasteiger partial charge in [0.2, 0.25) is 0 Å². The molecule has 3 rings (SSSR count). The van der Waals surface area contributed by atoms with Gasteiger partial charge in [0.1, 0.15) is 5.58 Å². The Morgan fingerprint density at radius 1 is 1.05 bits per heavy atom. The van der Waals surface area contributed by atoms with Crippen LogP contribution in [0.15, 0.2) is 59.2 Å². The monoisotopic (exact) mass is 262 g/mol. The lowest BCUT2D eigenvalue weighted by Gasteiger charge is -2.05. The number of hydrogen-bond donors (Lipinski definition) is 1. The summed E-state index contributed by atoms with van der Waals surface area (Å²) < 4.78 is 5.51. The van der Waals surface area contributed by atoms with E-state index in [1.54, 1.807) is 6.26 Å². The number of benzene rings is 2. The van der Waals surface area contributed by atoms with E-state index in [0.29, 0.717) is 13.0 Å². The second kappa shape index (κ2) is 5.50. The first-order chi connectivity index (χ1) is 9.86. The van der Waals surface area contributed by atoms with Crippen LogP contribution in [0.25, 0.3) is 11.0 Å². The van der Waals surface area contributed by atoms with Crippen LogP contribution in [-0.2, 0) is 13.0 Å². The summed E-state index contributed by atoms with van der Waals surface area (Å²) in [6.07, 6.45) is 2.24. The lowest BCUT2D eigenvalue weighted by atomic mass is 10.1. The molecule has 0 radical (unpaired) electrons. The lowest BCUT2D eigenvalue weighted by Crippen LogP contribution is -1.98. The van der Waals surface area contributed by atoms with E-state index in [0.717, 1.165) is 27.8 Å². The van der Waals surface area contributed by atoms with Gasteiger partial charge in [-0.25, -0.2) is 0 Å². The standard InChI is InChI=1S/C17H14N2O/c18-10-9-13-5-7-15(8-6-13)19-11-14-12-20-17-4-2-1-3-16(14)17/h1-8,12,19H,9,11H2. The molecule has 0 spiro atoms. The van der Waals surface area contributed by atoms with E-state index in [-0.39, 0.29) is 0 Å². The largest absolute Gasteiger partial charge is 0.464 e. The van der Waals surface area contributed by atoms with Gasteiger partial charge in [0.15, 0.2) is 0 Å². The summed E-state index contributed by atoms with van der Waals surface area (Å²) in [6.45, 7) is 0.717. The Kier molecular flexibility index (Phi) is 3.38. The van der Waals surface area contributed by atoms with E-state index in [4.69, 9.17) is 9.68 Å². The number of anilines is 1. The first-order valence-electron chi connectivity index (χ1n) is 6.52. The van der Waals surface area contributed by atoms with Gasteiger partial charge in [-0.15, -0.1) is 0 Å². The molecule has 3 nitrogen and oxygen atoms in total. The van der Waals surface area contributed by atoms with Gasteiger partial charge in [-0.05, 0) is 23.8 Å². The normalized spacial score (nSPS) is 10.3. The third-order valence-electron chi connectivity index (χ3n) is 3.28. The highest BCUT2D eigenvalue weighted by Gasteiger charge is 2.04. The maximum atomic E-state index is 8.64. The molecule has 1 heterocycles. The third-order valence-corrected chi connectivity index (χ3v) is 3.28. The molecular weight excluding hydrogens is 248 g/mol. The van der Waals surface area contributed by atoms with Crippen molar-refractivity contribution in [2.45, 2.75) is 13.0 Å². The fraction of sp³-hybridized carbons (Fsp3) is 0.118. The van der Waals surface area contributed by atoms with E-state index in [1.807, 2.05) is 42.5 Å². The maximum absolute atomic E-state index is 8.64. The van der Waals surface area contributed by atoms with Crippen LogP contribution in [0, 0.1) is 11.3 Å². The van der Waals surface area contributed by atoms with E-state index in [2.05, 4.69) is 17.5 Å². The van der Waals surface area contributed by atoms with Crippen molar-refractivity contribution in [2.24, 2.45) is 0 Å². The van der Waals surface area contributed by atoms with Crippen LogP contribution in [-0.4, -0.2) is 0 Å². The van der Waals surface area contributed by atoms with Gasteiger partial charge in [0, 0.05) is 23.2 Å². The maximum Gasteiger partial charge on any atom is 0.134 e. The van der Waals surface area contributed by atoms with Crippen molar-refractivity contribution in [3.8, 4) is 6.07 Å². The first-order valence-corrected chi connectivity index (χ1v) is 6.52. The van der Waals surface area contributed by atoms with Crippen molar-refractivity contribution >= 4 is 16.7 Å². The Labute approximate surface area is 117 Å². The van der Waals surface area contributed by atoms with Crippen molar-refractivity contribution in [3.05, 3.63) is 65.9 Å². The average molecular weight is 262 g/mol. The molecule has 0 aliphatic rings. The topological polar surface area (TPSA) is 49.0 Å². The number of hydrogen-bond acceptors (Lipinski definition) is 3. The van der Waals surface area contributed by atoms with Crippen molar-refractivity contribution in [2.75, 3.05) is 5.32 Å². The second-order valence-electron chi connectivity index (χ2n) is 4.64. The molecular formula is C17H14N2O. The van der Waals surface area contributed by atoms with Crippen molar-refractivity contribution in [1.82, 2.24) is 0 Å². The molecule has 0 unspecified atom stereocenters. The Balaban J connectivity index is 1.71. The highest BCUT2D eigenvalue weighted by Crippen LogP contribution is 2.21. The Hall–Kier alpha value is -2.73. The summed E-state index contributed by atoms with van der Waals surface area (Å²) in [4.78, 5) is 0. The van der Waals surface area contributed by atoms with Gasteiger partial charge >= 0.3 is 0 Å². The summed E-state index contributed by atoms with van der Waals surface area (Å²) in [5, 5.41) is 13.1. The van der Waals surface area contributed by atoms with Gasteiger partial charge in [0.05, 0.1) is 18.8 Å². The van der Waals surface area contributed by atoms with Crippen LogP contribution in [0.5, 0.6) is 0 Å². The molecule has 1 N–H and O–H groups in total. The zero-order chi connectivity index (χ0) is 13.8. The zero-order valence-corrected chi connectivity index (χ0v) is 11.0. The summed E-state index contributed by atoms with van der Waals surface area (Å²) in [6, 6.07) is 18.1. The van der Waals surface area contributed by atoms with Crippen molar-refractivity contribution in [3.63, 3.8) is 0 Å². The van der Waals surface area contributed by atoms with E-state index in [9.17, 15) is 0 Å². The number of para-hydroxylation sites is 1. The van der Waals surface area contributed by atoms with Gasteiger partial charge in [-0.1, -0.05) is 30.3 Å². The molecule has 1 aromatic heterocycles. The minimum Gasteiger partial charge on any atom is -0.464 e. The smallest absolute Gasteiger partial charge is 0.134 e. The highest BCUT2D eigenvalue weighted by molar-refractivity contribution is 5.81. The van der Waals surface area contributed by atoms with Crippen LogP contribution in [0.4, 0.5) is 5.69 Å². The predicted octanol–water partition coefficient (Wildman–Crippen LogP) is 4.11. The lowest BCUT2D eigenvalue weighted by molar-refractivity contribution is 0.611. The number of nitrogens with zero attached hydrogens (tertiary/aromatic N) is 1. The molecule has 0 saturated carbocycles. The van der Waals surface area contributed by atoms with Gasteiger partial charge in [0.25, 0.3) is 0 Å². The quantitative estimate of drug-likeness (QED) is 0.769. The third kappa shape index (κ3) is 2.50. The summed E-state index contributed by atoms with van der Waals surface area (Å²) in [5.41, 5.74) is 4.12. The SMILES string of the molecule is N#CCc1ccc(NCc2coc3ccccc23)cc1. The van der Waals surface area contributed by atoms with E-state index < -0.39 is 0 Å². The fourth-order valence-corrected chi connectivity index (χ4v) is 2.20. The molecule has 0 aliphatic heterocycles. The molecule has 3 aromatic rings. The van der Waals surface area contributed by atoms with Crippen molar-refractivity contribution < 1.29 is 4.42 Å². The van der Waals surface area contributed by atoms with Crippen LogP contribution in [0.3, 0.4) is 0 Å². The molecule has 0 atom stereocenters. The molecule has 20 heavy (non-hydrogen) atoms. The average Bonchev–Trinajstić information content (AvgIpc) is 2.90. The molecule has 0 saturated heterocycles.